The summed E-state index contributed by atoms with van der Waals surface area (Å²) in [7, 11) is 0. The zero-order valence-corrected chi connectivity index (χ0v) is 12.1. The summed E-state index contributed by atoms with van der Waals surface area (Å²) in [6.45, 7) is 11.9. The summed E-state index contributed by atoms with van der Waals surface area (Å²) in [5.74, 6) is 0. The van der Waals surface area contributed by atoms with E-state index in [1.807, 2.05) is 0 Å². The van der Waals surface area contributed by atoms with Gasteiger partial charge in [0, 0.05) is 19.2 Å². The average Bonchev–Trinajstić information content (AvgIpc) is 2.35. The van der Waals surface area contributed by atoms with E-state index in [2.05, 4.69) is 33.0 Å². The van der Waals surface area contributed by atoms with Crippen molar-refractivity contribution in [1.29, 1.82) is 0 Å². The Kier molecular flexibility index (Phi) is 12.3. The Morgan fingerprint density at radius 2 is 1.71 bits per heavy atom. The van der Waals surface area contributed by atoms with E-state index in [9.17, 15) is 0 Å². The van der Waals surface area contributed by atoms with E-state index in [-0.39, 0.29) is 6.10 Å². The molecular weight excluding hydrogens is 214 g/mol. The summed E-state index contributed by atoms with van der Waals surface area (Å²) in [4.78, 5) is 0. The molecule has 0 aliphatic rings. The van der Waals surface area contributed by atoms with Gasteiger partial charge in [-0.15, -0.1) is 0 Å². The van der Waals surface area contributed by atoms with Gasteiger partial charge in [0.1, 0.15) is 0 Å². The highest BCUT2D eigenvalue weighted by Gasteiger charge is 2.06. The Morgan fingerprint density at radius 1 is 1.00 bits per heavy atom. The van der Waals surface area contributed by atoms with Crippen molar-refractivity contribution in [2.24, 2.45) is 0 Å². The first kappa shape index (κ1) is 16.9. The van der Waals surface area contributed by atoms with Crippen LogP contribution in [0.5, 0.6) is 0 Å². The SMILES string of the molecule is CCCCOCCOC(C)CNC(CC)CC. The van der Waals surface area contributed by atoms with Crippen LogP contribution in [0.3, 0.4) is 0 Å². The van der Waals surface area contributed by atoms with E-state index < -0.39 is 0 Å². The van der Waals surface area contributed by atoms with E-state index in [0.29, 0.717) is 12.6 Å². The average molecular weight is 245 g/mol. The lowest BCUT2D eigenvalue weighted by Crippen LogP contribution is -2.35. The molecule has 3 nitrogen and oxygen atoms in total. The number of hydrogen-bond acceptors (Lipinski definition) is 3. The fourth-order valence-corrected chi connectivity index (χ4v) is 1.63. The number of ether oxygens (including phenoxy) is 2. The molecule has 0 saturated heterocycles. The maximum absolute atomic E-state index is 5.67. The molecule has 0 fully saturated rings. The number of nitrogens with one attached hydrogen (secondary N) is 1. The smallest absolute Gasteiger partial charge is 0.0704 e. The molecule has 0 spiro atoms. The fraction of sp³-hybridized carbons (Fsp3) is 1.00. The van der Waals surface area contributed by atoms with Crippen molar-refractivity contribution in [1.82, 2.24) is 5.32 Å². The van der Waals surface area contributed by atoms with Crippen LogP contribution in [-0.2, 0) is 9.47 Å². The highest BCUT2D eigenvalue weighted by Crippen LogP contribution is 1.97. The lowest BCUT2D eigenvalue weighted by Gasteiger charge is -2.19. The molecule has 1 N–H and O–H groups in total. The van der Waals surface area contributed by atoms with Crippen LogP contribution >= 0.6 is 0 Å². The second-order valence-corrected chi connectivity index (χ2v) is 4.57. The largest absolute Gasteiger partial charge is 0.379 e. The van der Waals surface area contributed by atoms with Crippen molar-refractivity contribution >= 4 is 0 Å². The topological polar surface area (TPSA) is 30.5 Å². The Hall–Kier alpha value is -0.120. The van der Waals surface area contributed by atoms with Crippen LogP contribution in [0.15, 0.2) is 0 Å². The molecule has 0 aromatic carbocycles. The van der Waals surface area contributed by atoms with Crippen molar-refractivity contribution in [3.63, 3.8) is 0 Å². The van der Waals surface area contributed by atoms with Gasteiger partial charge in [-0.2, -0.15) is 0 Å². The van der Waals surface area contributed by atoms with Crippen molar-refractivity contribution in [3.8, 4) is 0 Å². The van der Waals surface area contributed by atoms with Gasteiger partial charge in [-0.3, -0.25) is 0 Å². The molecular formula is C14H31NO2. The van der Waals surface area contributed by atoms with E-state index in [1.165, 1.54) is 19.3 Å². The Balaban J connectivity index is 3.30. The van der Waals surface area contributed by atoms with E-state index >= 15 is 0 Å². The minimum atomic E-state index is 0.269. The van der Waals surface area contributed by atoms with Gasteiger partial charge >= 0.3 is 0 Å². The zero-order valence-electron chi connectivity index (χ0n) is 12.1. The predicted molar refractivity (Wildman–Crippen MR) is 73.5 cm³/mol. The minimum absolute atomic E-state index is 0.269. The number of rotatable bonds is 12. The Bertz CT molecular complexity index is 149. The van der Waals surface area contributed by atoms with Crippen LogP contribution in [0.1, 0.15) is 53.4 Å². The molecule has 0 aliphatic heterocycles. The quantitative estimate of drug-likeness (QED) is 0.536. The summed E-state index contributed by atoms with van der Waals surface area (Å²) in [5.41, 5.74) is 0. The van der Waals surface area contributed by atoms with E-state index in [1.54, 1.807) is 0 Å². The van der Waals surface area contributed by atoms with Crippen molar-refractivity contribution in [2.45, 2.75) is 65.5 Å². The Morgan fingerprint density at radius 3 is 2.29 bits per heavy atom. The van der Waals surface area contributed by atoms with Crippen LogP contribution in [0.4, 0.5) is 0 Å². The van der Waals surface area contributed by atoms with Gasteiger partial charge in [-0.1, -0.05) is 27.2 Å². The van der Waals surface area contributed by atoms with Gasteiger partial charge in [0.2, 0.25) is 0 Å². The van der Waals surface area contributed by atoms with Crippen LogP contribution < -0.4 is 5.32 Å². The van der Waals surface area contributed by atoms with Crippen molar-refractivity contribution < 1.29 is 9.47 Å². The maximum Gasteiger partial charge on any atom is 0.0704 e. The number of unbranched alkanes of at least 4 members (excludes halogenated alkanes) is 1. The highest BCUT2D eigenvalue weighted by atomic mass is 16.5. The number of hydrogen-bond donors (Lipinski definition) is 1. The van der Waals surface area contributed by atoms with Gasteiger partial charge < -0.3 is 14.8 Å². The normalized spacial score (nSPS) is 13.2. The highest BCUT2D eigenvalue weighted by molar-refractivity contribution is 4.64. The van der Waals surface area contributed by atoms with Crippen molar-refractivity contribution in [3.05, 3.63) is 0 Å². The predicted octanol–water partition coefficient (Wildman–Crippen LogP) is 2.99. The van der Waals surface area contributed by atoms with Crippen molar-refractivity contribution in [2.75, 3.05) is 26.4 Å². The summed E-state index contributed by atoms with van der Waals surface area (Å²) < 4.78 is 11.1. The van der Waals surface area contributed by atoms with Gasteiger partial charge in [-0.25, -0.2) is 0 Å². The minimum Gasteiger partial charge on any atom is -0.379 e. The van der Waals surface area contributed by atoms with E-state index in [4.69, 9.17) is 9.47 Å². The Labute approximate surface area is 107 Å². The molecule has 3 heteroatoms. The second-order valence-electron chi connectivity index (χ2n) is 4.57. The van der Waals surface area contributed by atoms with Crippen LogP contribution in [0, 0.1) is 0 Å². The van der Waals surface area contributed by atoms with Gasteiger partial charge in [0.15, 0.2) is 0 Å². The van der Waals surface area contributed by atoms with Crippen LogP contribution in [-0.4, -0.2) is 38.5 Å². The third kappa shape index (κ3) is 10.7. The monoisotopic (exact) mass is 245 g/mol. The molecule has 0 saturated carbocycles. The lowest BCUT2D eigenvalue weighted by molar-refractivity contribution is 0.0112. The molecule has 17 heavy (non-hydrogen) atoms. The summed E-state index contributed by atoms with van der Waals surface area (Å²) in [6.07, 6.45) is 4.97. The molecule has 1 atom stereocenters. The molecule has 104 valence electrons. The third-order valence-corrected chi connectivity index (χ3v) is 2.95. The first-order valence-corrected chi connectivity index (χ1v) is 7.17. The van der Waals surface area contributed by atoms with Crippen LogP contribution in [0.25, 0.3) is 0 Å². The first-order valence-electron chi connectivity index (χ1n) is 7.17. The van der Waals surface area contributed by atoms with E-state index in [0.717, 1.165) is 26.2 Å². The summed E-state index contributed by atoms with van der Waals surface area (Å²) in [5, 5.41) is 3.51. The first-order chi connectivity index (χ1) is 8.24. The molecule has 0 aromatic rings. The standard InChI is InChI=1S/C14H31NO2/c1-5-8-9-16-10-11-17-13(4)12-15-14(6-2)7-3/h13-15H,5-12H2,1-4H3. The fourth-order valence-electron chi connectivity index (χ4n) is 1.63. The molecule has 0 aromatic heterocycles. The van der Waals surface area contributed by atoms with Gasteiger partial charge in [-0.05, 0) is 26.2 Å². The lowest BCUT2D eigenvalue weighted by atomic mass is 10.1. The molecule has 0 rings (SSSR count). The summed E-state index contributed by atoms with van der Waals surface area (Å²) in [6, 6.07) is 0.627. The molecule has 0 aliphatic carbocycles. The second kappa shape index (κ2) is 12.3. The molecule has 0 bridgehead atoms. The zero-order chi connectivity index (χ0) is 12.9. The summed E-state index contributed by atoms with van der Waals surface area (Å²) >= 11 is 0. The van der Waals surface area contributed by atoms with Crippen LogP contribution in [0.2, 0.25) is 0 Å². The van der Waals surface area contributed by atoms with Gasteiger partial charge in [0.25, 0.3) is 0 Å². The van der Waals surface area contributed by atoms with Gasteiger partial charge in [0.05, 0.1) is 19.3 Å². The molecule has 0 radical (unpaired) electrons. The molecule has 1 unspecified atom stereocenters. The maximum atomic E-state index is 5.67. The molecule has 0 heterocycles. The molecule has 0 amide bonds. The third-order valence-electron chi connectivity index (χ3n) is 2.95.